The summed E-state index contributed by atoms with van der Waals surface area (Å²) in [4.78, 5) is 25.0. The standard InChI is InChI=1S/C29H47NO7S/c1-6-7-20-38(33,34)24(22-26(31)35-5)21-23-12-8-9-13-25(23)36-19-11-10-14-29(15-17-30-18-16-29)27(32)37-28(2,3)4/h8-9,12-13,24,30H,6-7,10-11,14-22H2,1-5H3. The van der Waals surface area contributed by atoms with E-state index in [4.69, 9.17) is 14.2 Å². The summed E-state index contributed by atoms with van der Waals surface area (Å²) in [6.07, 6.45) is 5.16. The van der Waals surface area contributed by atoms with Gasteiger partial charge in [0.05, 0.1) is 36.6 Å². The van der Waals surface area contributed by atoms with Crippen LogP contribution in [-0.4, -0.2) is 63.8 Å². The Morgan fingerprint density at radius 1 is 1.08 bits per heavy atom. The molecule has 2 rings (SSSR count). The molecule has 0 aromatic heterocycles. The molecular weight excluding hydrogens is 506 g/mol. The predicted molar refractivity (Wildman–Crippen MR) is 149 cm³/mol. The topological polar surface area (TPSA) is 108 Å². The first-order chi connectivity index (χ1) is 17.9. The number of hydrogen-bond acceptors (Lipinski definition) is 8. The van der Waals surface area contributed by atoms with Gasteiger partial charge in [0.1, 0.15) is 11.4 Å². The van der Waals surface area contributed by atoms with Gasteiger partial charge in [-0.05, 0) is 90.4 Å². The summed E-state index contributed by atoms with van der Waals surface area (Å²) in [7, 11) is -2.21. The first kappa shape index (κ1) is 32.1. The van der Waals surface area contributed by atoms with E-state index in [-0.39, 0.29) is 24.6 Å². The van der Waals surface area contributed by atoms with Gasteiger partial charge in [0.2, 0.25) is 0 Å². The van der Waals surface area contributed by atoms with Crippen LogP contribution in [0.1, 0.15) is 84.6 Å². The van der Waals surface area contributed by atoms with Gasteiger partial charge in [-0.1, -0.05) is 31.5 Å². The molecule has 1 unspecified atom stereocenters. The molecule has 1 atom stereocenters. The summed E-state index contributed by atoms with van der Waals surface area (Å²) in [6, 6.07) is 7.38. The first-order valence-corrected chi connectivity index (χ1v) is 15.6. The molecule has 1 fully saturated rings. The lowest BCUT2D eigenvalue weighted by Crippen LogP contribution is -2.45. The van der Waals surface area contributed by atoms with Gasteiger partial charge in [-0.3, -0.25) is 9.59 Å². The van der Waals surface area contributed by atoms with Gasteiger partial charge in [0, 0.05) is 0 Å². The van der Waals surface area contributed by atoms with E-state index >= 15 is 0 Å². The second-order valence-corrected chi connectivity index (χ2v) is 13.7. The lowest BCUT2D eigenvalue weighted by Gasteiger charge is -2.37. The monoisotopic (exact) mass is 553 g/mol. The lowest BCUT2D eigenvalue weighted by atomic mass is 9.75. The maximum atomic E-state index is 13.0. The predicted octanol–water partition coefficient (Wildman–Crippen LogP) is 4.64. The zero-order valence-corrected chi connectivity index (χ0v) is 24.7. The molecule has 1 saturated heterocycles. The fourth-order valence-corrected chi connectivity index (χ4v) is 6.61. The minimum absolute atomic E-state index is 0.0447. The van der Waals surface area contributed by atoms with Crippen LogP contribution >= 0.6 is 0 Å². The number of unbranched alkanes of at least 4 members (excludes halogenated alkanes) is 2. The van der Waals surface area contributed by atoms with Crippen LogP contribution in [0.25, 0.3) is 0 Å². The molecule has 1 heterocycles. The average molecular weight is 554 g/mol. The molecule has 38 heavy (non-hydrogen) atoms. The van der Waals surface area contributed by atoms with Crippen LogP contribution in [0.2, 0.25) is 0 Å². The molecule has 0 aliphatic carbocycles. The highest BCUT2D eigenvalue weighted by molar-refractivity contribution is 7.92. The Kier molecular flexibility index (Phi) is 12.6. The van der Waals surface area contributed by atoms with Crippen LogP contribution in [0, 0.1) is 5.41 Å². The number of para-hydroxylation sites is 1. The number of carbonyl (C=O) groups excluding carboxylic acids is 2. The van der Waals surface area contributed by atoms with Gasteiger partial charge in [0.25, 0.3) is 0 Å². The number of ether oxygens (including phenoxy) is 3. The van der Waals surface area contributed by atoms with Gasteiger partial charge in [-0.25, -0.2) is 8.42 Å². The minimum Gasteiger partial charge on any atom is -0.493 e. The highest BCUT2D eigenvalue weighted by Crippen LogP contribution is 2.37. The van der Waals surface area contributed by atoms with Crippen molar-refractivity contribution in [2.75, 3.05) is 32.6 Å². The minimum atomic E-state index is -3.48. The molecule has 0 saturated carbocycles. The van der Waals surface area contributed by atoms with Crippen molar-refractivity contribution in [2.24, 2.45) is 5.41 Å². The average Bonchev–Trinajstić information content (AvgIpc) is 2.87. The molecule has 0 spiro atoms. The van der Waals surface area contributed by atoms with Crippen molar-refractivity contribution in [2.45, 2.75) is 96.3 Å². The molecule has 0 amide bonds. The fourth-order valence-electron chi connectivity index (χ4n) is 4.76. The van der Waals surface area contributed by atoms with E-state index in [1.54, 1.807) is 0 Å². The zero-order valence-electron chi connectivity index (χ0n) is 23.8. The maximum Gasteiger partial charge on any atom is 0.312 e. The molecule has 0 radical (unpaired) electrons. The Morgan fingerprint density at radius 3 is 2.39 bits per heavy atom. The molecule has 1 aromatic carbocycles. The summed E-state index contributed by atoms with van der Waals surface area (Å²) >= 11 is 0. The maximum absolute atomic E-state index is 13.0. The number of rotatable bonds is 15. The van der Waals surface area contributed by atoms with Crippen LogP contribution in [0.15, 0.2) is 24.3 Å². The second-order valence-electron chi connectivity index (χ2n) is 11.3. The Bertz CT molecular complexity index is 994. The van der Waals surface area contributed by atoms with Crippen LogP contribution in [0.5, 0.6) is 5.75 Å². The molecule has 8 nitrogen and oxygen atoms in total. The second kappa shape index (κ2) is 14.9. The van der Waals surface area contributed by atoms with Crippen LogP contribution in [0.4, 0.5) is 0 Å². The van der Waals surface area contributed by atoms with E-state index in [1.165, 1.54) is 7.11 Å². The molecule has 1 aliphatic rings. The molecular formula is C29H47NO7S. The van der Waals surface area contributed by atoms with E-state index < -0.39 is 32.1 Å². The van der Waals surface area contributed by atoms with E-state index in [0.29, 0.717) is 18.8 Å². The Balaban J connectivity index is 2.01. The summed E-state index contributed by atoms with van der Waals surface area (Å²) in [5.41, 5.74) is -0.230. The van der Waals surface area contributed by atoms with Gasteiger partial charge in [-0.2, -0.15) is 0 Å². The van der Waals surface area contributed by atoms with Crippen molar-refractivity contribution in [3.05, 3.63) is 29.8 Å². The van der Waals surface area contributed by atoms with Crippen molar-refractivity contribution < 1.29 is 32.2 Å². The molecule has 1 aromatic rings. The van der Waals surface area contributed by atoms with Crippen LogP contribution in [-0.2, 0) is 35.3 Å². The van der Waals surface area contributed by atoms with E-state index in [0.717, 1.165) is 57.2 Å². The van der Waals surface area contributed by atoms with Crippen molar-refractivity contribution in [3.8, 4) is 5.75 Å². The SMILES string of the molecule is CCCCS(=O)(=O)C(CC(=O)OC)Cc1ccccc1OCCCCC1(C(=O)OC(C)(C)C)CCNCC1. The van der Waals surface area contributed by atoms with Crippen molar-refractivity contribution >= 4 is 21.8 Å². The Morgan fingerprint density at radius 2 is 1.76 bits per heavy atom. The summed E-state index contributed by atoms with van der Waals surface area (Å²) in [5.74, 6) is 0.0177. The van der Waals surface area contributed by atoms with Crippen molar-refractivity contribution in [3.63, 3.8) is 0 Å². The number of hydrogen-bond donors (Lipinski definition) is 1. The molecule has 216 valence electrons. The van der Waals surface area contributed by atoms with Gasteiger partial charge in [-0.15, -0.1) is 0 Å². The third-order valence-corrected chi connectivity index (χ3v) is 9.24. The van der Waals surface area contributed by atoms with Gasteiger partial charge in [0.15, 0.2) is 9.84 Å². The highest BCUT2D eigenvalue weighted by Gasteiger charge is 2.42. The zero-order chi connectivity index (χ0) is 28.2. The van der Waals surface area contributed by atoms with Gasteiger partial charge >= 0.3 is 11.9 Å². The van der Waals surface area contributed by atoms with Crippen LogP contribution in [0.3, 0.4) is 0 Å². The summed E-state index contributed by atoms with van der Waals surface area (Å²) in [5, 5.41) is 2.47. The number of sulfone groups is 1. The lowest BCUT2D eigenvalue weighted by molar-refractivity contribution is -0.170. The molecule has 0 bridgehead atoms. The Labute approximate surface area is 229 Å². The van der Waals surface area contributed by atoms with Gasteiger partial charge < -0.3 is 19.5 Å². The largest absolute Gasteiger partial charge is 0.493 e. The molecule has 1 N–H and O–H groups in total. The number of esters is 2. The quantitative estimate of drug-likeness (QED) is 0.247. The van der Waals surface area contributed by atoms with Crippen molar-refractivity contribution in [1.29, 1.82) is 0 Å². The molecule has 9 heteroatoms. The third-order valence-electron chi connectivity index (χ3n) is 7.03. The van der Waals surface area contributed by atoms with E-state index in [9.17, 15) is 18.0 Å². The number of carbonyl (C=O) groups is 2. The smallest absolute Gasteiger partial charge is 0.312 e. The summed E-state index contributed by atoms with van der Waals surface area (Å²) in [6.45, 7) is 9.69. The summed E-state index contributed by atoms with van der Waals surface area (Å²) < 4.78 is 42.6. The Hall–Kier alpha value is -2.13. The van der Waals surface area contributed by atoms with E-state index in [2.05, 4.69) is 5.32 Å². The molecule has 1 aliphatic heterocycles. The number of methoxy groups -OCH3 is 1. The third kappa shape index (κ3) is 10.2. The normalized spacial score (nSPS) is 16.4. The van der Waals surface area contributed by atoms with Crippen LogP contribution < -0.4 is 10.1 Å². The highest BCUT2D eigenvalue weighted by atomic mass is 32.2. The fraction of sp³-hybridized carbons (Fsp3) is 0.724. The number of benzene rings is 1. The first-order valence-electron chi connectivity index (χ1n) is 13.9. The number of piperidine rings is 1. The van der Waals surface area contributed by atoms with E-state index in [1.807, 2.05) is 52.0 Å². The van der Waals surface area contributed by atoms with Crippen molar-refractivity contribution in [1.82, 2.24) is 5.32 Å². The number of nitrogens with one attached hydrogen (secondary N) is 1.